The maximum absolute atomic E-state index is 10.0. The molecule has 5 heteroatoms. The van der Waals surface area contributed by atoms with E-state index in [2.05, 4.69) is 78.9 Å². The highest BCUT2D eigenvalue weighted by molar-refractivity contribution is 7.80. The molecule has 1 aromatic heterocycles. The fourth-order valence-electron chi connectivity index (χ4n) is 3.24. The van der Waals surface area contributed by atoms with Gasteiger partial charge in [-0.15, -0.1) is 19.2 Å². The molecule has 0 spiro atoms. The Morgan fingerprint density at radius 1 is 1.16 bits per heavy atom. The highest BCUT2D eigenvalue weighted by atomic mass is 32.1. The number of pyridine rings is 1. The maximum Gasteiger partial charge on any atom is 0.129 e. The fraction of sp³-hybridized carbons (Fsp3) is 0.308. The molecule has 1 aliphatic rings. The second-order valence-corrected chi connectivity index (χ2v) is 7.98. The van der Waals surface area contributed by atoms with Crippen LogP contribution in [0.15, 0.2) is 66.2 Å². The number of carbonyl (C=O) groups excluding carboxylic acids is 1. The van der Waals surface area contributed by atoms with E-state index in [-0.39, 0.29) is 5.41 Å². The van der Waals surface area contributed by atoms with Gasteiger partial charge in [0, 0.05) is 41.7 Å². The van der Waals surface area contributed by atoms with Crippen molar-refractivity contribution in [1.82, 2.24) is 4.98 Å². The van der Waals surface area contributed by atoms with Crippen LogP contribution in [-0.2, 0) is 17.6 Å². The number of anilines is 1. The number of rotatable bonds is 6. The number of fused-ring (bicyclic) bond motifs is 1. The Balaban J connectivity index is 0.000000319. The monoisotopic (exact) mass is 436 g/mol. The molecule has 0 bridgehead atoms. The van der Waals surface area contributed by atoms with Gasteiger partial charge in [0.25, 0.3) is 0 Å². The lowest BCUT2D eigenvalue weighted by atomic mass is 9.99. The molecule has 4 nitrogen and oxygen atoms in total. The van der Waals surface area contributed by atoms with Crippen LogP contribution in [0.4, 0.5) is 5.69 Å². The van der Waals surface area contributed by atoms with Crippen LogP contribution < -0.4 is 5.32 Å². The van der Waals surface area contributed by atoms with Crippen molar-refractivity contribution in [2.24, 2.45) is 5.41 Å². The molecule has 0 saturated heterocycles. The van der Waals surface area contributed by atoms with Crippen LogP contribution in [0.25, 0.3) is 10.9 Å². The van der Waals surface area contributed by atoms with E-state index in [1.54, 1.807) is 6.08 Å². The first-order valence-electron chi connectivity index (χ1n) is 10.4. The van der Waals surface area contributed by atoms with E-state index in [1.165, 1.54) is 22.1 Å². The van der Waals surface area contributed by atoms with Gasteiger partial charge in [0.15, 0.2) is 0 Å². The third-order valence-corrected chi connectivity index (χ3v) is 5.94. The van der Waals surface area contributed by atoms with Crippen LogP contribution in [0.3, 0.4) is 0 Å². The van der Waals surface area contributed by atoms with Crippen molar-refractivity contribution in [2.75, 3.05) is 19.5 Å². The second kappa shape index (κ2) is 11.7. The molecule has 1 heterocycles. The molecule has 0 aliphatic heterocycles. The minimum atomic E-state index is -0.0833. The number of benzene rings is 2. The summed E-state index contributed by atoms with van der Waals surface area (Å²) in [6, 6.07) is 15.0. The summed E-state index contributed by atoms with van der Waals surface area (Å²) < 4.78 is 0. The van der Waals surface area contributed by atoms with Gasteiger partial charge in [-0.2, -0.15) is 0 Å². The van der Waals surface area contributed by atoms with Gasteiger partial charge >= 0.3 is 0 Å². The van der Waals surface area contributed by atoms with Gasteiger partial charge in [-0.1, -0.05) is 25.1 Å². The molecule has 4 rings (SSSR count). The number of aryl methyl sites for hydroxylation is 1. The van der Waals surface area contributed by atoms with E-state index >= 15 is 0 Å². The summed E-state index contributed by atoms with van der Waals surface area (Å²) in [5.74, 6) is 0. The van der Waals surface area contributed by atoms with Crippen molar-refractivity contribution in [2.45, 2.75) is 37.5 Å². The number of nitrogens with one attached hydrogen (secondary N) is 1. The van der Waals surface area contributed by atoms with Gasteiger partial charge in [-0.25, -0.2) is 0 Å². The van der Waals surface area contributed by atoms with Crippen molar-refractivity contribution in [3.63, 3.8) is 0 Å². The quantitative estimate of drug-likeness (QED) is 0.272. The Morgan fingerprint density at radius 3 is 2.32 bits per heavy atom. The van der Waals surface area contributed by atoms with Crippen LogP contribution in [-0.4, -0.2) is 30.5 Å². The molecule has 0 atom stereocenters. The minimum Gasteiger partial charge on any atom is -0.400 e. The lowest BCUT2D eigenvalue weighted by Crippen LogP contribution is -1.94. The third kappa shape index (κ3) is 6.42. The zero-order valence-electron chi connectivity index (χ0n) is 18.6. The fourth-order valence-corrected chi connectivity index (χ4v) is 3.59. The molecule has 0 unspecified atom stereocenters. The van der Waals surface area contributed by atoms with Crippen molar-refractivity contribution in [3.8, 4) is 0 Å². The number of aldehydes is 1. The molecule has 0 amide bonds. The summed E-state index contributed by atoms with van der Waals surface area (Å²) in [6.07, 6.45) is 8.53. The number of hydrogen-bond acceptors (Lipinski definition) is 5. The Bertz CT molecular complexity index is 1000. The van der Waals surface area contributed by atoms with Gasteiger partial charge < -0.3 is 15.2 Å². The van der Waals surface area contributed by atoms with E-state index in [1.807, 2.05) is 13.2 Å². The van der Waals surface area contributed by atoms with Crippen LogP contribution in [0.5, 0.6) is 0 Å². The van der Waals surface area contributed by atoms with Crippen LogP contribution in [0.2, 0.25) is 0 Å². The number of carbonyl (C=O) groups is 1. The first kappa shape index (κ1) is 24.6. The van der Waals surface area contributed by atoms with E-state index in [0.29, 0.717) is 0 Å². The molecule has 2 aromatic carbocycles. The lowest BCUT2D eigenvalue weighted by molar-refractivity contribution is -0.110. The first-order chi connectivity index (χ1) is 15.0. The Hall–Kier alpha value is -2.63. The Morgan fingerprint density at radius 2 is 1.84 bits per heavy atom. The highest BCUT2D eigenvalue weighted by Crippen LogP contribution is 2.44. The smallest absolute Gasteiger partial charge is 0.129 e. The maximum atomic E-state index is 10.0. The van der Waals surface area contributed by atoms with Gasteiger partial charge in [0.2, 0.25) is 0 Å². The van der Waals surface area contributed by atoms with Crippen LogP contribution in [0, 0.1) is 5.41 Å². The average molecular weight is 437 g/mol. The van der Waals surface area contributed by atoms with Crippen molar-refractivity contribution in [3.05, 3.63) is 78.0 Å². The number of nitrogens with zero attached hydrogens (tertiary/aromatic N) is 1. The molecule has 31 heavy (non-hydrogen) atoms. The van der Waals surface area contributed by atoms with Gasteiger partial charge in [-0.05, 0) is 72.7 Å². The number of aliphatic hydroxyl groups excluding tert-OH is 1. The van der Waals surface area contributed by atoms with E-state index in [4.69, 9.17) is 5.11 Å². The molecule has 0 radical (unpaired) electrons. The number of aliphatic hydroxyl groups is 1. The molecule has 3 aromatic rings. The number of thiol groups is 1. The summed E-state index contributed by atoms with van der Waals surface area (Å²) in [5.41, 5.74) is 5.94. The van der Waals surface area contributed by atoms with E-state index < -0.39 is 0 Å². The summed E-state index contributed by atoms with van der Waals surface area (Å²) >= 11 is 4.62. The van der Waals surface area contributed by atoms with Crippen molar-refractivity contribution >= 4 is 35.5 Å². The Labute approximate surface area is 190 Å². The first-order valence-corrected chi connectivity index (χ1v) is 10.9. The Kier molecular flexibility index (Phi) is 9.28. The van der Waals surface area contributed by atoms with Crippen molar-refractivity contribution < 1.29 is 9.90 Å². The van der Waals surface area contributed by atoms with E-state index in [0.717, 1.165) is 55.2 Å². The zero-order chi connectivity index (χ0) is 22.9. The molecule has 1 saturated carbocycles. The van der Waals surface area contributed by atoms with Crippen LogP contribution >= 0.6 is 12.6 Å². The minimum absolute atomic E-state index is 0.0833. The summed E-state index contributed by atoms with van der Waals surface area (Å²) in [4.78, 5) is 15.6. The molecule has 164 valence electrons. The molecular formula is C26H32N2O2S. The molecular weight excluding hydrogens is 404 g/mol. The third-order valence-electron chi connectivity index (χ3n) is 5.52. The predicted molar refractivity (Wildman–Crippen MR) is 133 cm³/mol. The van der Waals surface area contributed by atoms with Crippen LogP contribution in [0.1, 0.15) is 36.5 Å². The summed E-state index contributed by atoms with van der Waals surface area (Å²) in [6.45, 7) is 5.68. The molecule has 2 N–H and O–H groups in total. The molecule has 1 fully saturated rings. The van der Waals surface area contributed by atoms with Gasteiger partial charge in [0.1, 0.15) is 6.29 Å². The predicted octanol–water partition coefficient (Wildman–Crippen LogP) is 5.48. The van der Waals surface area contributed by atoms with E-state index in [9.17, 15) is 4.79 Å². The number of hydrogen-bond donors (Lipinski definition) is 3. The van der Waals surface area contributed by atoms with Crippen molar-refractivity contribution in [1.29, 1.82) is 0 Å². The summed E-state index contributed by atoms with van der Waals surface area (Å²) in [7, 11) is 2.94. The largest absolute Gasteiger partial charge is 0.400 e. The standard InChI is InChI=1S/C19H20N2S.C6H8O.CH4O/c1-3-14-11-18-17(12-19(14)22)15(8-9-21-18)10-13-4-6-16(20-2)7-5-13;1-2-6(5-7)3-4-6;1-2/h4-9,11-12,20,22H,3,10H2,1-2H3;2,5H,1,3-4H2;2H,1H3. The normalized spacial score (nSPS) is 13.2. The number of aromatic nitrogens is 1. The average Bonchev–Trinajstić information content (AvgIpc) is 3.62. The lowest BCUT2D eigenvalue weighted by Gasteiger charge is -2.10. The number of allylic oxidation sites excluding steroid dienone is 1. The topological polar surface area (TPSA) is 62.2 Å². The van der Waals surface area contributed by atoms with Gasteiger partial charge in [-0.3, -0.25) is 4.98 Å². The SMILES string of the molecule is C=CC1(C=O)CC1.CCc1cc2nccc(Cc3ccc(NC)cc3)c2cc1S.CO. The van der Waals surface area contributed by atoms with Gasteiger partial charge in [0.05, 0.1) is 5.52 Å². The molecule has 1 aliphatic carbocycles. The highest BCUT2D eigenvalue weighted by Gasteiger charge is 2.38. The second-order valence-electron chi connectivity index (χ2n) is 7.50. The summed E-state index contributed by atoms with van der Waals surface area (Å²) in [5, 5.41) is 11.3. The zero-order valence-corrected chi connectivity index (χ0v) is 19.5.